The summed E-state index contributed by atoms with van der Waals surface area (Å²) >= 11 is 0. The molecule has 1 fully saturated rings. The molecule has 0 radical (unpaired) electrons. The second kappa shape index (κ2) is 7.97. The molecular weight excluding hydrogens is 294 g/mol. The number of β-amino-alcohol motifs (C(OH)–C–C–N with tert-alkyl or cyclic N) is 1. The second-order valence-electron chi connectivity index (χ2n) is 4.82. The summed E-state index contributed by atoms with van der Waals surface area (Å²) in [4.78, 5) is 23.2. The van der Waals surface area contributed by atoms with Gasteiger partial charge in [0.15, 0.2) is 0 Å². The molecule has 0 saturated carbocycles. The lowest BCUT2D eigenvalue weighted by Gasteiger charge is -2.11. The minimum Gasteiger partial charge on any atom is -0.392 e. The van der Waals surface area contributed by atoms with Crippen LogP contribution in [0.3, 0.4) is 0 Å². The molecule has 1 saturated heterocycles. The number of carbonyl (C=O) groups excluding carboxylic acids is 2. The number of hydrogen-bond donors (Lipinski definition) is 4. The minimum atomic E-state index is -0.461. The van der Waals surface area contributed by atoms with E-state index in [-0.39, 0.29) is 30.3 Å². The number of carbonyl (C=O) groups is 2. The van der Waals surface area contributed by atoms with Gasteiger partial charge in [0.2, 0.25) is 11.8 Å². The van der Waals surface area contributed by atoms with E-state index in [0.29, 0.717) is 30.8 Å². The quantitative estimate of drug-likeness (QED) is 0.670. The molecule has 0 spiro atoms. The second-order valence-corrected chi connectivity index (χ2v) is 4.82. The van der Waals surface area contributed by atoms with Crippen molar-refractivity contribution < 1.29 is 14.7 Å². The zero-order valence-corrected chi connectivity index (χ0v) is 12.6. The Labute approximate surface area is 129 Å². The number of halogens is 1. The summed E-state index contributed by atoms with van der Waals surface area (Å²) in [7, 11) is 0. The molecule has 1 aromatic carbocycles. The van der Waals surface area contributed by atoms with E-state index in [1.165, 1.54) is 0 Å². The molecule has 1 heterocycles. The minimum absolute atomic E-state index is 0. The fourth-order valence-electron chi connectivity index (χ4n) is 2.03. The standard InChI is InChI=1S/C14H19N3O3.ClH/c1-2-13(19)16-9-3-5-10(6-4-9)17-14(20)12-7-11(18)8-15-12;/h3-6,11-12,15,18H,2,7-8H2,1H3,(H,16,19)(H,17,20);1H. The van der Waals surface area contributed by atoms with E-state index in [1.54, 1.807) is 31.2 Å². The Kier molecular flexibility index (Phi) is 6.61. The molecule has 2 rings (SSSR count). The lowest BCUT2D eigenvalue weighted by Crippen LogP contribution is -2.35. The first-order valence-electron chi connectivity index (χ1n) is 6.70. The number of hydrogen-bond acceptors (Lipinski definition) is 4. The number of nitrogens with one attached hydrogen (secondary N) is 3. The molecular formula is C14H20ClN3O3. The van der Waals surface area contributed by atoms with E-state index in [9.17, 15) is 14.7 Å². The van der Waals surface area contributed by atoms with E-state index in [4.69, 9.17) is 0 Å². The van der Waals surface area contributed by atoms with Gasteiger partial charge in [-0.2, -0.15) is 0 Å². The fourth-order valence-corrected chi connectivity index (χ4v) is 2.03. The van der Waals surface area contributed by atoms with Crippen molar-refractivity contribution in [3.8, 4) is 0 Å². The van der Waals surface area contributed by atoms with Crippen molar-refractivity contribution >= 4 is 35.6 Å². The van der Waals surface area contributed by atoms with Gasteiger partial charge in [-0.3, -0.25) is 9.59 Å². The maximum Gasteiger partial charge on any atom is 0.241 e. The van der Waals surface area contributed by atoms with Gasteiger partial charge >= 0.3 is 0 Å². The fraction of sp³-hybridized carbons (Fsp3) is 0.429. The molecule has 0 aliphatic carbocycles. The third kappa shape index (κ3) is 5.00. The normalized spacial score (nSPS) is 20.5. The van der Waals surface area contributed by atoms with E-state index in [1.807, 2.05) is 0 Å². The molecule has 4 N–H and O–H groups in total. The maximum atomic E-state index is 11.9. The Morgan fingerprint density at radius 3 is 2.29 bits per heavy atom. The van der Waals surface area contributed by atoms with Crippen LogP contribution in [0.5, 0.6) is 0 Å². The Morgan fingerprint density at radius 1 is 1.24 bits per heavy atom. The van der Waals surface area contributed by atoms with E-state index in [2.05, 4.69) is 16.0 Å². The average molecular weight is 314 g/mol. The highest BCUT2D eigenvalue weighted by Gasteiger charge is 2.27. The largest absolute Gasteiger partial charge is 0.392 e. The Balaban J connectivity index is 0.00000220. The van der Waals surface area contributed by atoms with Gasteiger partial charge < -0.3 is 21.1 Å². The molecule has 116 valence electrons. The van der Waals surface area contributed by atoms with Crippen LogP contribution in [0.2, 0.25) is 0 Å². The maximum absolute atomic E-state index is 11.9. The van der Waals surface area contributed by atoms with Gasteiger partial charge in [-0.25, -0.2) is 0 Å². The van der Waals surface area contributed by atoms with Crippen LogP contribution in [0.25, 0.3) is 0 Å². The molecule has 1 aliphatic rings. The molecule has 2 amide bonds. The summed E-state index contributed by atoms with van der Waals surface area (Å²) < 4.78 is 0. The van der Waals surface area contributed by atoms with Gasteiger partial charge in [-0.15, -0.1) is 12.4 Å². The lowest BCUT2D eigenvalue weighted by atomic mass is 10.2. The van der Waals surface area contributed by atoms with Crippen LogP contribution in [0.15, 0.2) is 24.3 Å². The van der Waals surface area contributed by atoms with Crippen LogP contribution in [0.4, 0.5) is 11.4 Å². The summed E-state index contributed by atoms with van der Waals surface area (Å²) in [5.74, 6) is -0.210. The van der Waals surface area contributed by atoms with Gasteiger partial charge in [0.25, 0.3) is 0 Å². The number of amides is 2. The van der Waals surface area contributed by atoms with Gasteiger partial charge in [0.05, 0.1) is 12.1 Å². The Hall–Kier alpha value is -1.63. The predicted molar refractivity (Wildman–Crippen MR) is 83.7 cm³/mol. The van der Waals surface area contributed by atoms with Crippen molar-refractivity contribution in [2.75, 3.05) is 17.2 Å². The number of rotatable bonds is 4. The highest BCUT2D eigenvalue weighted by atomic mass is 35.5. The Bertz CT molecular complexity index is 493. The third-order valence-electron chi connectivity index (χ3n) is 3.18. The van der Waals surface area contributed by atoms with Crippen molar-refractivity contribution in [3.05, 3.63) is 24.3 Å². The molecule has 6 nitrogen and oxygen atoms in total. The molecule has 0 bridgehead atoms. The highest BCUT2D eigenvalue weighted by molar-refractivity contribution is 5.95. The summed E-state index contributed by atoms with van der Waals surface area (Å²) in [5.41, 5.74) is 1.36. The predicted octanol–water partition coefficient (Wildman–Crippen LogP) is 1.12. The number of anilines is 2. The monoisotopic (exact) mass is 313 g/mol. The topological polar surface area (TPSA) is 90.5 Å². The van der Waals surface area contributed by atoms with Gasteiger partial charge in [-0.1, -0.05) is 6.92 Å². The van der Waals surface area contributed by atoms with Crippen molar-refractivity contribution in [1.29, 1.82) is 0 Å². The van der Waals surface area contributed by atoms with Crippen molar-refractivity contribution in [1.82, 2.24) is 5.32 Å². The first-order chi connectivity index (χ1) is 9.58. The SMILES string of the molecule is CCC(=O)Nc1ccc(NC(=O)C2CC(O)CN2)cc1.Cl. The molecule has 7 heteroatoms. The first kappa shape index (κ1) is 17.4. The van der Waals surface area contributed by atoms with Crippen LogP contribution >= 0.6 is 12.4 Å². The van der Waals surface area contributed by atoms with Gasteiger partial charge in [-0.05, 0) is 30.7 Å². The van der Waals surface area contributed by atoms with Crippen molar-refractivity contribution in [3.63, 3.8) is 0 Å². The summed E-state index contributed by atoms with van der Waals surface area (Å²) in [5, 5.41) is 17.8. The van der Waals surface area contributed by atoms with Gasteiger partial charge in [0.1, 0.15) is 0 Å². The summed E-state index contributed by atoms with van der Waals surface area (Å²) in [6.45, 7) is 2.23. The molecule has 0 aromatic heterocycles. The van der Waals surface area contributed by atoms with E-state index in [0.717, 1.165) is 0 Å². The molecule has 2 unspecified atom stereocenters. The zero-order valence-electron chi connectivity index (χ0n) is 11.8. The molecule has 2 atom stereocenters. The summed E-state index contributed by atoms with van der Waals surface area (Å²) in [6, 6.07) is 6.58. The van der Waals surface area contributed by atoms with Gasteiger partial charge in [0, 0.05) is 24.3 Å². The third-order valence-corrected chi connectivity index (χ3v) is 3.18. The molecule has 21 heavy (non-hydrogen) atoms. The van der Waals surface area contributed by atoms with Crippen LogP contribution in [0.1, 0.15) is 19.8 Å². The number of aliphatic hydroxyl groups is 1. The first-order valence-corrected chi connectivity index (χ1v) is 6.70. The molecule has 1 aromatic rings. The van der Waals surface area contributed by atoms with Crippen LogP contribution in [0, 0.1) is 0 Å². The average Bonchev–Trinajstić information content (AvgIpc) is 2.87. The zero-order chi connectivity index (χ0) is 14.5. The lowest BCUT2D eigenvalue weighted by molar-refractivity contribution is -0.118. The van der Waals surface area contributed by atoms with Crippen LogP contribution in [-0.4, -0.2) is 35.6 Å². The molecule has 1 aliphatic heterocycles. The van der Waals surface area contributed by atoms with Crippen molar-refractivity contribution in [2.24, 2.45) is 0 Å². The number of benzene rings is 1. The smallest absolute Gasteiger partial charge is 0.241 e. The Morgan fingerprint density at radius 2 is 1.81 bits per heavy atom. The van der Waals surface area contributed by atoms with E-state index >= 15 is 0 Å². The van der Waals surface area contributed by atoms with E-state index < -0.39 is 6.10 Å². The summed E-state index contributed by atoms with van der Waals surface area (Å²) in [6.07, 6.45) is 0.391. The van der Waals surface area contributed by atoms with Crippen molar-refractivity contribution in [2.45, 2.75) is 31.9 Å². The number of aliphatic hydroxyl groups excluding tert-OH is 1. The van der Waals surface area contributed by atoms with Crippen LogP contribution < -0.4 is 16.0 Å². The van der Waals surface area contributed by atoms with Crippen LogP contribution in [-0.2, 0) is 9.59 Å². The highest BCUT2D eigenvalue weighted by Crippen LogP contribution is 2.15.